The Hall–Kier alpha value is -1.04. The average molecular weight is 324 g/mol. The smallest absolute Gasteiger partial charge is 0.240 e. The van der Waals surface area contributed by atoms with E-state index in [0.717, 1.165) is 24.3 Å². The summed E-state index contributed by atoms with van der Waals surface area (Å²) in [6.45, 7) is -0.922. The predicted molar refractivity (Wildman–Crippen MR) is 71.0 cm³/mol. The Bertz CT molecular complexity index is 567. The fourth-order valence-corrected chi connectivity index (χ4v) is 3.37. The van der Waals surface area contributed by atoms with Crippen LogP contribution in [0.2, 0.25) is 0 Å². The van der Waals surface area contributed by atoms with Crippen LogP contribution in [0.1, 0.15) is 0 Å². The molecule has 0 amide bonds. The Morgan fingerprint density at radius 1 is 0.750 bits per heavy atom. The average Bonchev–Trinajstić information content (AvgIpc) is 2.43. The molecule has 0 unspecified atom stereocenters. The van der Waals surface area contributed by atoms with Crippen LogP contribution in [0.15, 0.2) is 34.1 Å². The van der Waals surface area contributed by atoms with Crippen molar-refractivity contribution >= 4 is 20.0 Å². The SMILES string of the molecule is O=S(=O)(NCCO)c1ccc(S(=O)(=O)NCCO)cc1. The van der Waals surface area contributed by atoms with Gasteiger partial charge in [0, 0.05) is 13.1 Å². The van der Waals surface area contributed by atoms with Gasteiger partial charge in [0.2, 0.25) is 20.0 Å². The summed E-state index contributed by atoms with van der Waals surface area (Å²) in [5.74, 6) is 0. The zero-order chi connectivity index (χ0) is 15.2. The highest BCUT2D eigenvalue weighted by molar-refractivity contribution is 7.90. The molecule has 0 fully saturated rings. The third-order valence-corrected chi connectivity index (χ3v) is 5.21. The normalized spacial score (nSPS) is 12.5. The predicted octanol–water partition coefficient (Wildman–Crippen LogP) is -1.77. The number of hydrogen-bond acceptors (Lipinski definition) is 6. The minimum atomic E-state index is -3.77. The number of benzene rings is 1. The monoisotopic (exact) mass is 324 g/mol. The summed E-state index contributed by atoms with van der Waals surface area (Å²) in [5.41, 5.74) is 0. The Kier molecular flexibility index (Phi) is 6.05. The van der Waals surface area contributed by atoms with Gasteiger partial charge >= 0.3 is 0 Å². The lowest BCUT2D eigenvalue weighted by Gasteiger charge is -2.08. The van der Waals surface area contributed by atoms with Crippen molar-refractivity contribution < 1.29 is 27.0 Å². The summed E-state index contributed by atoms with van der Waals surface area (Å²) >= 11 is 0. The quantitative estimate of drug-likeness (QED) is 0.447. The van der Waals surface area contributed by atoms with Crippen LogP contribution in [0.3, 0.4) is 0 Å². The highest BCUT2D eigenvalue weighted by atomic mass is 32.2. The molecule has 114 valence electrons. The van der Waals surface area contributed by atoms with Gasteiger partial charge in [-0.2, -0.15) is 0 Å². The maximum atomic E-state index is 11.7. The van der Waals surface area contributed by atoms with Gasteiger partial charge in [-0.25, -0.2) is 26.3 Å². The van der Waals surface area contributed by atoms with E-state index in [2.05, 4.69) is 9.44 Å². The Morgan fingerprint density at radius 3 is 1.30 bits per heavy atom. The Morgan fingerprint density at radius 2 is 1.05 bits per heavy atom. The summed E-state index contributed by atoms with van der Waals surface area (Å²) in [5, 5.41) is 17.1. The van der Waals surface area contributed by atoms with Crippen molar-refractivity contribution in [1.82, 2.24) is 9.44 Å². The van der Waals surface area contributed by atoms with Crippen LogP contribution in [0.25, 0.3) is 0 Å². The van der Waals surface area contributed by atoms with Crippen LogP contribution in [-0.4, -0.2) is 53.4 Å². The Labute approximate surface area is 117 Å². The highest BCUT2D eigenvalue weighted by Gasteiger charge is 2.17. The van der Waals surface area contributed by atoms with E-state index in [1.54, 1.807) is 0 Å². The van der Waals surface area contributed by atoms with Crippen molar-refractivity contribution in [2.24, 2.45) is 0 Å². The first kappa shape index (κ1) is 17.0. The van der Waals surface area contributed by atoms with Crippen molar-refractivity contribution in [1.29, 1.82) is 0 Å². The van der Waals surface area contributed by atoms with Crippen molar-refractivity contribution in [3.8, 4) is 0 Å². The molecule has 0 atom stereocenters. The van der Waals surface area contributed by atoms with Gasteiger partial charge in [-0.1, -0.05) is 0 Å². The Balaban J connectivity index is 2.94. The topological polar surface area (TPSA) is 133 Å². The molecule has 0 saturated heterocycles. The highest BCUT2D eigenvalue weighted by Crippen LogP contribution is 2.14. The van der Waals surface area contributed by atoms with Crippen LogP contribution >= 0.6 is 0 Å². The van der Waals surface area contributed by atoms with Crippen LogP contribution in [0.5, 0.6) is 0 Å². The van der Waals surface area contributed by atoms with E-state index >= 15 is 0 Å². The van der Waals surface area contributed by atoms with E-state index in [-0.39, 0.29) is 36.1 Å². The van der Waals surface area contributed by atoms with Crippen LogP contribution in [0.4, 0.5) is 0 Å². The molecule has 0 spiro atoms. The molecular weight excluding hydrogens is 308 g/mol. The summed E-state index contributed by atoms with van der Waals surface area (Å²) in [6, 6.07) is 4.58. The van der Waals surface area contributed by atoms with Gasteiger partial charge in [0.15, 0.2) is 0 Å². The zero-order valence-electron chi connectivity index (χ0n) is 10.5. The number of sulfonamides is 2. The first-order chi connectivity index (χ1) is 9.33. The fraction of sp³-hybridized carbons (Fsp3) is 0.400. The van der Waals surface area contributed by atoms with Crippen LogP contribution in [0, 0.1) is 0 Å². The van der Waals surface area contributed by atoms with Gasteiger partial charge in [0.05, 0.1) is 23.0 Å². The molecular formula is C10H16N2O6S2. The third-order valence-electron chi connectivity index (χ3n) is 2.25. The standard InChI is InChI=1S/C10H16N2O6S2/c13-7-5-11-19(15,16)9-1-2-10(4-3-9)20(17,18)12-6-8-14/h1-4,11-14H,5-8H2. The zero-order valence-corrected chi connectivity index (χ0v) is 12.1. The largest absolute Gasteiger partial charge is 0.395 e. The lowest BCUT2D eigenvalue weighted by molar-refractivity contribution is 0.300. The molecule has 20 heavy (non-hydrogen) atoms. The van der Waals surface area contributed by atoms with Gasteiger partial charge in [-0.3, -0.25) is 0 Å². The number of aliphatic hydroxyl groups is 2. The maximum Gasteiger partial charge on any atom is 0.240 e. The lowest BCUT2D eigenvalue weighted by Crippen LogP contribution is -2.27. The molecule has 0 aromatic heterocycles. The lowest BCUT2D eigenvalue weighted by atomic mass is 10.4. The van der Waals surface area contributed by atoms with E-state index in [1.807, 2.05) is 0 Å². The second-order valence-corrected chi connectivity index (χ2v) is 7.25. The van der Waals surface area contributed by atoms with Crippen LogP contribution < -0.4 is 9.44 Å². The van der Waals surface area contributed by atoms with Gasteiger partial charge in [0.1, 0.15) is 0 Å². The molecule has 0 radical (unpaired) electrons. The van der Waals surface area contributed by atoms with E-state index in [1.165, 1.54) is 0 Å². The first-order valence-electron chi connectivity index (χ1n) is 5.64. The summed E-state index contributed by atoms with van der Waals surface area (Å²) in [6.07, 6.45) is 0. The van der Waals surface area contributed by atoms with Gasteiger partial charge in [0.25, 0.3) is 0 Å². The molecule has 1 aromatic rings. The number of hydrogen-bond donors (Lipinski definition) is 4. The van der Waals surface area contributed by atoms with Crippen molar-refractivity contribution in [3.63, 3.8) is 0 Å². The molecule has 8 nitrogen and oxygen atoms in total. The van der Waals surface area contributed by atoms with E-state index in [4.69, 9.17) is 10.2 Å². The third kappa shape index (κ3) is 4.51. The molecule has 0 aliphatic rings. The molecule has 1 rings (SSSR count). The summed E-state index contributed by atoms with van der Waals surface area (Å²) in [4.78, 5) is -0.209. The molecule has 1 aromatic carbocycles. The van der Waals surface area contributed by atoms with Crippen molar-refractivity contribution in [2.45, 2.75) is 9.79 Å². The molecule has 0 heterocycles. The summed E-state index contributed by atoms with van der Waals surface area (Å²) < 4.78 is 51.1. The second-order valence-electron chi connectivity index (χ2n) is 3.71. The second kappa shape index (κ2) is 7.11. The minimum absolute atomic E-state index is 0.105. The van der Waals surface area contributed by atoms with E-state index in [0.29, 0.717) is 0 Å². The molecule has 0 bridgehead atoms. The number of nitrogens with one attached hydrogen (secondary N) is 2. The minimum Gasteiger partial charge on any atom is -0.395 e. The molecule has 4 N–H and O–H groups in total. The summed E-state index contributed by atoms with van der Waals surface area (Å²) in [7, 11) is -7.53. The van der Waals surface area contributed by atoms with Gasteiger partial charge in [-0.05, 0) is 24.3 Å². The van der Waals surface area contributed by atoms with Crippen LogP contribution in [-0.2, 0) is 20.0 Å². The molecule has 10 heteroatoms. The van der Waals surface area contributed by atoms with Gasteiger partial charge in [-0.15, -0.1) is 0 Å². The van der Waals surface area contributed by atoms with Crippen molar-refractivity contribution in [3.05, 3.63) is 24.3 Å². The molecule has 0 aliphatic heterocycles. The molecule has 0 saturated carbocycles. The maximum absolute atomic E-state index is 11.7. The first-order valence-corrected chi connectivity index (χ1v) is 8.61. The van der Waals surface area contributed by atoms with E-state index < -0.39 is 20.0 Å². The number of rotatable bonds is 8. The van der Waals surface area contributed by atoms with E-state index in [9.17, 15) is 16.8 Å². The molecule has 0 aliphatic carbocycles. The fourth-order valence-electron chi connectivity index (χ4n) is 1.32. The number of aliphatic hydroxyl groups excluding tert-OH is 2. The van der Waals surface area contributed by atoms with Gasteiger partial charge < -0.3 is 10.2 Å². The van der Waals surface area contributed by atoms with Crippen molar-refractivity contribution in [2.75, 3.05) is 26.3 Å².